The molecule has 2 aromatic rings. The summed E-state index contributed by atoms with van der Waals surface area (Å²) >= 11 is 5.89. The Hall–Kier alpha value is -2.60. The first-order valence-electron chi connectivity index (χ1n) is 11.2. The van der Waals surface area contributed by atoms with Crippen LogP contribution in [0.25, 0.3) is 0 Å². The van der Waals surface area contributed by atoms with E-state index in [9.17, 15) is 14.0 Å². The number of hydrogen-bond acceptors (Lipinski definition) is 3. The number of rotatable bonds is 1. The lowest BCUT2D eigenvalue weighted by Crippen LogP contribution is -2.51. The minimum absolute atomic E-state index is 0.0540. The van der Waals surface area contributed by atoms with Crippen molar-refractivity contribution in [2.24, 2.45) is 5.41 Å². The Balaban J connectivity index is 1.53. The maximum absolute atomic E-state index is 13.5. The van der Waals surface area contributed by atoms with Crippen LogP contribution in [0.2, 0.25) is 5.02 Å². The number of benzene rings is 2. The van der Waals surface area contributed by atoms with Crippen molar-refractivity contribution in [3.63, 3.8) is 0 Å². The van der Waals surface area contributed by atoms with Gasteiger partial charge in [-0.05, 0) is 56.0 Å². The molecule has 0 aliphatic carbocycles. The second-order valence-electron chi connectivity index (χ2n) is 8.80. The molecule has 2 amide bonds. The fourth-order valence-electron chi connectivity index (χ4n) is 4.73. The van der Waals surface area contributed by atoms with Crippen molar-refractivity contribution in [2.75, 3.05) is 26.2 Å². The third kappa shape index (κ3) is 5.07. The Morgan fingerprint density at radius 3 is 2.75 bits per heavy atom. The number of piperidine rings is 1. The van der Waals surface area contributed by atoms with E-state index in [-0.39, 0.29) is 22.3 Å². The number of carbonyl (C=O) groups excluding carboxylic acids is 2. The van der Waals surface area contributed by atoms with Crippen molar-refractivity contribution in [1.82, 2.24) is 10.2 Å². The summed E-state index contributed by atoms with van der Waals surface area (Å²) in [4.78, 5) is 27.9. The molecule has 0 radical (unpaired) electrons. The van der Waals surface area contributed by atoms with E-state index in [0.29, 0.717) is 43.1 Å². The number of amides is 2. The van der Waals surface area contributed by atoms with Gasteiger partial charge in [0.05, 0.1) is 17.2 Å². The number of para-hydroxylation sites is 1. The van der Waals surface area contributed by atoms with E-state index in [1.165, 1.54) is 18.2 Å². The van der Waals surface area contributed by atoms with Crippen LogP contribution in [0.5, 0.6) is 5.75 Å². The zero-order valence-electron chi connectivity index (χ0n) is 18.0. The lowest BCUT2D eigenvalue weighted by molar-refractivity contribution is 0.0468. The molecule has 4 rings (SSSR count). The summed E-state index contributed by atoms with van der Waals surface area (Å²) < 4.78 is 19.4. The zero-order chi connectivity index (χ0) is 22.6. The van der Waals surface area contributed by atoms with Crippen molar-refractivity contribution in [3.8, 4) is 5.75 Å². The SMILES string of the molecule is O=C1NCC2(CCCCCOc3ccccc31)CCCN(C(=O)c1ccc(F)c(Cl)c1)C2. The molecule has 2 aliphatic heterocycles. The van der Waals surface area contributed by atoms with Gasteiger partial charge in [-0.3, -0.25) is 9.59 Å². The number of nitrogens with zero attached hydrogens (tertiary/aromatic N) is 1. The summed E-state index contributed by atoms with van der Waals surface area (Å²) in [6.45, 7) is 2.26. The minimum Gasteiger partial charge on any atom is -0.493 e. The van der Waals surface area contributed by atoms with Gasteiger partial charge in [0, 0.05) is 30.6 Å². The highest BCUT2D eigenvalue weighted by Gasteiger charge is 2.37. The molecular weight excluding hydrogens is 431 g/mol. The summed E-state index contributed by atoms with van der Waals surface area (Å²) in [6, 6.07) is 11.4. The lowest BCUT2D eigenvalue weighted by Gasteiger charge is -2.43. The van der Waals surface area contributed by atoms with Crippen LogP contribution < -0.4 is 10.1 Å². The van der Waals surface area contributed by atoms with Gasteiger partial charge in [-0.1, -0.05) is 36.6 Å². The molecule has 1 unspecified atom stereocenters. The summed E-state index contributed by atoms with van der Waals surface area (Å²) in [5.74, 6) is -0.241. The molecular formula is C25H28ClFN2O3. The molecule has 5 nitrogen and oxygen atoms in total. The van der Waals surface area contributed by atoms with E-state index < -0.39 is 5.82 Å². The van der Waals surface area contributed by atoms with Crippen molar-refractivity contribution in [3.05, 3.63) is 64.4 Å². The molecule has 1 fully saturated rings. The van der Waals surface area contributed by atoms with Gasteiger partial charge >= 0.3 is 0 Å². The van der Waals surface area contributed by atoms with Crippen LogP contribution in [0.15, 0.2) is 42.5 Å². The van der Waals surface area contributed by atoms with Crippen LogP contribution in [-0.2, 0) is 0 Å². The van der Waals surface area contributed by atoms with Gasteiger partial charge in [0.15, 0.2) is 0 Å². The average Bonchev–Trinajstić information content (AvgIpc) is 2.81. The van der Waals surface area contributed by atoms with Crippen LogP contribution in [0.4, 0.5) is 4.39 Å². The number of nitrogens with one attached hydrogen (secondary N) is 1. The van der Waals surface area contributed by atoms with E-state index in [4.69, 9.17) is 16.3 Å². The predicted molar refractivity (Wildman–Crippen MR) is 122 cm³/mol. The summed E-state index contributed by atoms with van der Waals surface area (Å²) in [7, 11) is 0. The lowest BCUT2D eigenvalue weighted by atomic mass is 9.75. The number of halogens is 2. The first-order chi connectivity index (χ1) is 15.5. The summed E-state index contributed by atoms with van der Waals surface area (Å²) in [6.07, 6.45) is 5.67. The van der Waals surface area contributed by atoms with Gasteiger partial charge in [-0.15, -0.1) is 0 Å². The Bertz CT molecular complexity index is 999. The molecule has 7 heteroatoms. The fraction of sp³-hybridized carbons (Fsp3) is 0.440. The number of likely N-dealkylation sites (tertiary alicyclic amines) is 1. The first-order valence-corrected chi connectivity index (χ1v) is 11.6. The van der Waals surface area contributed by atoms with E-state index in [2.05, 4.69) is 5.32 Å². The average molecular weight is 459 g/mol. The second kappa shape index (κ2) is 9.90. The zero-order valence-corrected chi connectivity index (χ0v) is 18.8. The third-order valence-corrected chi connectivity index (χ3v) is 6.77. The maximum atomic E-state index is 13.5. The van der Waals surface area contributed by atoms with E-state index in [1.54, 1.807) is 6.07 Å². The number of hydrogen-bond donors (Lipinski definition) is 1. The summed E-state index contributed by atoms with van der Waals surface area (Å²) in [5, 5.41) is 3.05. The Morgan fingerprint density at radius 2 is 1.91 bits per heavy atom. The van der Waals surface area contributed by atoms with Gasteiger partial charge < -0.3 is 15.0 Å². The molecule has 1 spiro atoms. The Morgan fingerprint density at radius 1 is 1.09 bits per heavy atom. The molecule has 1 atom stereocenters. The van der Waals surface area contributed by atoms with Crippen LogP contribution in [0.3, 0.4) is 0 Å². The van der Waals surface area contributed by atoms with Crippen molar-refractivity contribution in [2.45, 2.75) is 38.5 Å². The topological polar surface area (TPSA) is 58.6 Å². The van der Waals surface area contributed by atoms with Crippen LogP contribution in [-0.4, -0.2) is 43.0 Å². The highest BCUT2D eigenvalue weighted by molar-refractivity contribution is 6.31. The number of fused-ring (bicyclic) bond motifs is 1. The molecule has 1 N–H and O–H groups in total. The highest BCUT2D eigenvalue weighted by Crippen LogP contribution is 2.36. The largest absolute Gasteiger partial charge is 0.493 e. The van der Waals surface area contributed by atoms with Crippen molar-refractivity contribution in [1.29, 1.82) is 0 Å². The minimum atomic E-state index is -0.537. The smallest absolute Gasteiger partial charge is 0.255 e. The van der Waals surface area contributed by atoms with Crippen LogP contribution in [0.1, 0.15) is 59.2 Å². The highest BCUT2D eigenvalue weighted by atomic mass is 35.5. The molecule has 0 aromatic heterocycles. The van der Waals surface area contributed by atoms with E-state index in [1.807, 2.05) is 23.1 Å². The summed E-state index contributed by atoms with van der Waals surface area (Å²) in [5.41, 5.74) is 0.729. The van der Waals surface area contributed by atoms with Crippen LogP contribution >= 0.6 is 11.6 Å². The third-order valence-electron chi connectivity index (χ3n) is 6.48. The molecule has 0 bridgehead atoms. The van der Waals surface area contributed by atoms with Gasteiger partial charge in [-0.25, -0.2) is 4.39 Å². The molecule has 2 aromatic carbocycles. The Labute approximate surface area is 192 Å². The molecule has 0 saturated carbocycles. The van der Waals surface area contributed by atoms with Crippen LogP contribution in [0, 0.1) is 11.2 Å². The number of carbonyl (C=O) groups is 2. The Kier molecular flexibility index (Phi) is 6.99. The second-order valence-corrected chi connectivity index (χ2v) is 9.20. The molecule has 32 heavy (non-hydrogen) atoms. The molecule has 1 saturated heterocycles. The molecule has 2 aliphatic rings. The van der Waals surface area contributed by atoms with Crippen molar-refractivity contribution < 1.29 is 18.7 Å². The standard InChI is InChI=1S/C25H28ClFN2O3/c26-20-15-18(9-10-21(20)27)24(31)29-13-6-12-25(17-29)11-4-1-5-14-32-22-8-3-2-7-19(22)23(30)28-16-25/h2-3,7-10,15H,1,4-6,11-14,16-17H2,(H,28,30). The van der Waals surface area contributed by atoms with E-state index >= 15 is 0 Å². The monoisotopic (exact) mass is 458 g/mol. The fourth-order valence-corrected chi connectivity index (χ4v) is 4.91. The predicted octanol–water partition coefficient (Wildman–Crippen LogP) is 5.08. The van der Waals surface area contributed by atoms with Gasteiger partial charge in [0.25, 0.3) is 11.8 Å². The van der Waals surface area contributed by atoms with E-state index in [0.717, 1.165) is 38.5 Å². The van der Waals surface area contributed by atoms with Gasteiger partial charge in [-0.2, -0.15) is 0 Å². The molecule has 170 valence electrons. The molecule has 2 heterocycles. The van der Waals surface area contributed by atoms with Crippen molar-refractivity contribution >= 4 is 23.4 Å². The first kappa shape index (κ1) is 22.6. The van der Waals surface area contributed by atoms with Gasteiger partial charge in [0.2, 0.25) is 0 Å². The van der Waals surface area contributed by atoms with Gasteiger partial charge in [0.1, 0.15) is 11.6 Å². The normalized spacial score (nSPS) is 22.2. The maximum Gasteiger partial charge on any atom is 0.255 e. The number of ether oxygens (including phenoxy) is 1. The quantitative estimate of drug-likeness (QED) is 0.648.